The van der Waals surface area contributed by atoms with E-state index in [2.05, 4.69) is 51.2 Å². The van der Waals surface area contributed by atoms with Crippen LogP contribution in [0, 0.1) is 10.8 Å². The van der Waals surface area contributed by atoms with Crippen LogP contribution in [0.1, 0.15) is 26.7 Å². The fourth-order valence-electron chi connectivity index (χ4n) is 4.24. The van der Waals surface area contributed by atoms with Crippen molar-refractivity contribution in [2.24, 2.45) is 10.8 Å². The van der Waals surface area contributed by atoms with Crippen LogP contribution < -0.4 is 15.9 Å². The molecule has 1 aromatic carbocycles. The lowest BCUT2D eigenvalue weighted by atomic mass is 9.95. The minimum absolute atomic E-state index is 0.473. The lowest BCUT2D eigenvalue weighted by molar-refractivity contribution is 0.422. The Labute approximate surface area is 140 Å². The Balaban J connectivity index is 1.69. The molecule has 2 N–H and O–H groups in total. The standard InChI is InChI=1S/C19H24N3P/c1-18(2)11-19(18)8-10-22(12-19)17-16(20)14(7-9-21-17)13-5-3-4-6-15(13)23/h3-7,9H,8,10-12,20,23H2,1-2H3. The van der Waals surface area contributed by atoms with Crippen LogP contribution >= 0.6 is 9.24 Å². The Bertz CT molecular complexity index is 771. The number of aromatic nitrogens is 1. The van der Waals surface area contributed by atoms with Crippen molar-refractivity contribution < 1.29 is 0 Å². The number of rotatable bonds is 2. The summed E-state index contributed by atoms with van der Waals surface area (Å²) in [5.74, 6) is 0.954. The van der Waals surface area contributed by atoms with Gasteiger partial charge in [-0.3, -0.25) is 0 Å². The van der Waals surface area contributed by atoms with E-state index >= 15 is 0 Å². The quantitative estimate of drug-likeness (QED) is 0.860. The van der Waals surface area contributed by atoms with Crippen LogP contribution in [-0.4, -0.2) is 18.1 Å². The fourth-order valence-corrected chi connectivity index (χ4v) is 4.61. The fraction of sp³-hybridized carbons (Fsp3) is 0.421. The molecular formula is C19H24N3P. The molecule has 4 rings (SSSR count). The molecule has 1 saturated carbocycles. The number of nitrogen functional groups attached to an aromatic ring is 1. The van der Waals surface area contributed by atoms with Crippen molar-refractivity contribution in [2.75, 3.05) is 23.7 Å². The topological polar surface area (TPSA) is 42.2 Å². The van der Waals surface area contributed by atoms with Gasteiger partial charge in [0.05, 0.1) is 5.69 Å². The first-order valence-corrected chi connectivity index (χ1v) is 8.86. The maximum absolute atomic E-state index is 6.53. The highest BCUT2D eigenvalue weighted by Gasteiger charge is 2.63. The third kappa shape index (κ3) is 2.25. The molecule has 1 saturated heterocycles. The number of benzene rings is 1. The van der Waals surface area contributed by atoms with Gasteiger partial charge in [-0.2, -0.15) is 0 Å². The third-order valence-corrected chi connectivity index (χ3v) is 6.47. The van der Waals surface area contributed by atoms with Crippen molar-refractivity contribution in [1.29, 1.82) is 0 Å². The van der Waals surface area contributed by atoms with E-state index in [4.69, 9.17) is 5.73 Å². The Morgan fingerprint density at radius 2 is 1.91 bits per heavy atom. The van der Waals surface area contributed by atoms with Gasteiger partial charge in [0.25, 0.3) is 0 Å². The molecule has 1 aromatic heterocycles. The zero-order valence-corrected chi connectivity index (χ0v) is 15.0. The van der Waals surface area contributed by atoms with Crippen molar-refractivity contribution in [3.05, 3.63) is 36.5 Å². The van der Waals surface area contributed by atoms with Crippen molar-refractivity contribution in [3.63, 3.8) is 0 Å². The summed E-state index contributed by atoms with van der Waals surface area (Å²) in [6, 6.07) is 10.3. The first kappa shape index (κ1) is 15.0. The van der Waals surface area contributed by atoms with Gasteiger partial charge >= 0.3 is 0 Å². The average molecular weight is 325 g/mol. The summed E-state index contributed by atoms with van der Waals surface area (Å²) in [6.45, 7) is 6.91. The van der Waals surface area contributed by atoms with Crippen LogP contribution in [0.5, 0.6) is 0 Å². The summed E-state index contributed by atoms with van der Waals surface area (Å²) in [7, 11) is 2.80. The van der Waals surface area contributed by atoms with Crippen LogP contribution in [0.25, 0.3) is 11.1 Å². The molecule has 1 aliphatic heterocycles. The molecule has 23 heavy (non-hydrogen) atoms. The first-order valence-electron chi connectivity index (χ1n) is 8.28. The summed E-state index contributed by atoms with van der Waals surface area (Å²) in [4.78, 5) is 7.00. The zero-order chi connectivity index (χ0) is 16.2. The third-order valence-electron chi connectivity index (χ3n) is 5.96. The van der Waals surface area contributed by atoms with E-state index < -0.39 is 0 Å². The molecule has 1 aliphatic carbocycles. The molecule has 4 heteroatoms. The Kier molecular flexibility index (Phi) is 3.22. The van der Waals surface area contributed by atoms with Gasteiger partial charge in [0.15, 0.2) is 5.82 Å². The van der Waals surface area contributed by atoms with Crippen LogP contribution in [0.4, 0.5) is 11.5 Å². The highest BCUT2D eigenvalue weighted by molar-refractivity contribution is 7.28. The molecule has 2 aliphatic rings. The number of nitrogens with zero attached hydrogens (tertiary/aromatic N) is 2. The SMILES string of the molecule is CC1(C)CC12CCN(c1nccc(-c3ccccc3P)c1N)C2. The van der Waals surface area contributed by atoms with Gasteiger partial charge in [-0.15, -0.1) is 9.24 Å². The molecule has 0 radical (unpaired) electrons. The number of hydrogen-bond acceptors (Lipinski definition) is 3. The minimum Gasteiger partial charge on any atom is -0.395 e. The molecule has 120 valence electrons. The molecule has 0 amide bonds. The number of pyridine rings is 1. The largest absolute Gasteiger partial charge is 0.395 e. The van der Waals surface area contributed by atoms with Gasteiger partial charge in [-0.05, 0) is 40.6 Å². The molecule has 3 nitrogen and oxygen atoms in total. The Hall–Kier alpha value is -1.60. The van der Waals surface area contributed by atoms with E-state index in [9.17, 15) is 0 Å². The van der Waals surface area contributed by atoms with Gasteiger partial charge < -0.3 is 10.6 Å². The highest BCUT2D eigenvalue weighted by Crippen LogP contribution is 2.68. The molecule has 1 spiro atoms. The van der Waals surface area contributed by atoms with E-state index in [1.54, 1.807) is 0 Å². The van der Waals surface area contributed by atoms with Crippen LogP contribution in [-0.2, 0) is 0 Å². The lowest BCUT2D eigenvalue weighted by Crippen LogP contribution is -2.24. The molecular weight excluding hydrogens is 301 g/mol. The molecule has 2 unspecified atom stereocenters. The van der Waals surface area contributed by atoms with Gasteiger partial charge in [-0.25, -0.2) is 4.98 Å². The second-order valence-electron chi connectivity index (χ2n) is 7.70. The normalized spacial score (nSPS) is 25.1. The number of nitrogens with two attached hydrogens (primary N) is 1. The molecule has 2 aromatic rings. The monoisotopic (exact) mass is 325 g/mol. The summed E-state index contributed by atoms with van der Waals surface area (Å²) in [6.07, 6.45) is 4.47. The lowest BCUT2D eigenvalue weighted by Gasteiger charge is -2.22. The van der Waals surface area contributed by atoms with Crippen molar-refractivity contribution in [1.82, 2.24) is 4.98 Å². The van der Waals surface area contributed by atoms with Crippen molar-refractivity contribution in [3.8, 4) is 11.1 Å². The maximum Gasteiger partial charge on any atom is 0.152 e. The molecule has 2 heterocycles. The predicted octanol–water partition coefficient (Wildman–Crippen LogP) is 3.46. The first-order chi connectivity index (χ1) is 10.9. The summed E-state index contributed by atoms with van der Waals surface area (Å²) in [5.41, 5.74) is 10.5. The van der Waals surface area contributed by atoms with Crippen LogP contribution in [0.2, 0.25) is 0 Å². The molecule has 0 bridgehead atoms. The average Bonchev–Trinajstić information content (AvgIpc) is 2.84. The van der Waals surface area contributed by atoms with E-state index in [-0.39, 0.29) is 0 Å². The second kappa shape index (κ2) is 4.95. The summed E-state index contributed by atoms with van der Waals surface area (Å²) >= 11 is 0. The van der Waals surface area contributed by atoms with E-state index in [0.29, 0.717) is 10.8 Å². The summed E-state index contributed by atoms with van der Waals surface area (Å²) in [5, 5.41) is 1.16. The van der Waals surface area contributed by atoms with Crippen molar-refractivity contribution >= 4 is 26.0 Å². The Morgan fingerprint density at radius 3 is 2.57 bits per heavy atom. The van der Waals surface area contributed by atoms with Gasteiger partial charge in [0.2, 0.25) is 0 Å². The zero-order valence-electron chi connectivity index (χ0n) is 13.8. The number of hydrogen-bond donors (Lipinski definition) is 1. The van der Waals surface area contributed by atoms with E-state index in [0.717, 1.165) is 35.5 Å². The molecule has 2 fully saturated rings. The minimum atomic E-state index is 0.473. The smallest absolute Gasteiger partial charge is 0.152 e. The van der Waals surface area contributed by atoms with Gasteiger partial charge in [0, 0.05) is 24.8 Å². The second-order valence-corrected chi connectivity index (χ2v) is 8.32. The predicted molar refractivity (Wildman–Crippen MR) is 101 cm³/mol. The number of anilines is 2. The molecule has 2 atom stereocenters. The van der Waals surface area contributed by atoms with Gasteiger partial charge in [0.1, 0.15) is 0 Å². The van der Waals surface area contributed by atoms with E-state index in [1.165, 1.54) is 18.4 Å². The maximum atomic E-state index is 6.53. The van der Waals surface area contributed by atoms with Crippen LogP contribution in [0.15, 0.2) is 36.5 Å². The Morgan fingerprint density at radius 1 is 1.17 bits per heavy atom. The highest BCUT2D eigenvalue weighted by atomic mass is 31.0. The van der Waals surface area contributed by atoms with Crippen LogP contribution in [0.3, 0.4) is 0 Å². The van der Waals surface area contributed by atoms with Crippen molar-refractivity contribution in [2.45, 2.75) is 26.7 Å². The van der Waals surface area contributed by atoms with Gasteiger partial charge in [-0.1, -0.05) is 38.1 Å². The summed E-state index contributed by atoms with van der Waals surface area (Å²) < 4.78 is 0. The van der Waals surface area contributed by atoms with E-state index in [1.807, 2.05) is 18.3 Å².